The highest BCUT2D eigenvalue weighted by Crippen LogP contribution is 2.19. The molecule has 0 saturated carbocycles. The van der Waals surface area contributed by atoms with Gasteiger partial charge in [-0.05, 0) is 19.4 Å². The highest BCUT2D eigenvalue weighted by Gasteiger charge is 2.29. The first kappa shape index (κ1) is 15.0. The summed E-state index contributed by atoms with van der Waals surface area (Å²) in [7, 11) is 0. The lowest BCUT2D eigenvalue weighted by Gasteiger charge is -2.22. The molecular formula is C13H11F3N2O3. The molecule has 3 amide bonds. The van der Waals surface area contributed by atoms with Gasteiger partial charge in [0, 0.05) is 17.5 Å². The molecule has 1 unspecified atom stereocenters. The Morgan fingerprint density at radius 3 is 2.57 bits per heavy atom. The predicted octanol–water partition coefficient (Wildman–Crippen LogP) is 0.947. The van der Waals surface area contributed by atoms with Gasteiger partial charge in [-0.2, -0.15) is 0 Å². The van der Waals surface area contributed by atoms with Crippen LogP contribution in [-0.2, 0) is 9.59 Å². The summed E-state index contributed by atoms with van der Waals surface area (Å²) < 4.78 is 39.6. The summed E-state index contributed by atoms with van der Waals surface area (Å²) in [5.74, 6) is -6.68. The smallest absolute Gasteiger partial charge is 0.252 e. The lowest BCUT2D eigenvalue weighted by Crippen LogP contribution is -2.52. The third kappa shape index (κ3) is 2.88. The summed E-state index contributed by atoms with van der Waals surface area (Å²) in [4.78, 5) is 34.4. The van der Waals surface area contributed by atoms with Crippen molar-refractivity contribution in [3.63, 3.8) is 0 Å². The van der Waals surface area contributed by atoms with E-state index in [2.05, 4.69) is 5.32 Å². The van der Waals surface area contributed by atoms with E-state index in [4.69, 9.17) is 0 Å². The van der Waals surface area contributed by atoms with Crippen molar-refractivity contribution in [1.29, 1.82) is 0 Å². The molecule has 1 saturated heterocycles. The summed E-state index contributed by atoms with van der Waals surface area (Å²) in [5, 5.41) is 4.29. The van der Waals surface area contributed by atoms with Crippen molar-refractivity contribution < 1.29 is 27.6 Å². The zero-order valence-electron chi connectivity index (χ0n) is 10.9. The van der Waals surface area contributed by atoms with Crippen LogP contribution in [0.5, 0.6) is 0 Å². The molecule has 0 bridgehead atoms. The Kier molecular flexibility index (Phi) is 3.97. The Bertz CT molecular complexity index is 646. The number of amides is 3. The van der Waals surface area contributed by atoms with E-state index < -0.39 is 46.8 Å². The fourth-order valence-corrected chi connectivity index (χ4v) is 1.99. The van der Waals surface area contributed by atoms with Crippen LogP contribution >= 0.6 is 0 Å². The van der Waals surface area contributed by atoms with Gasteiger partial charge in [-0.25, -0.2) is 13.2 Å². The van der Waals surface area contributed by atoms with Crippen LogP contribution < -0.4 is 10.6 Å². The Balaban J connectivity index is 2.22. The first-order valence-corrected chi connectivity index (χ1v) is 6.10. The summed E-state index contributed by atoms with van der Waals surface area (Å²) in [5.41, 5.74) is -0.769. The quantitative estimate of drug-likeness (QED) is 0.630. The van der Waals surface area contributed by atoms with Crippen molar-refractivity contribution in [1.82, 2.24) is 10.6 Å². The van der Waals surface area contributed by atoms with Gasteiger partial charge in [-0.1, -0.05) is 0 Å². The van der Waals surface area contributed by atoms with Crippen LogP contribution in [0.1, 0.15) is 28.8 Å². The minimum absolute atomic E-state index is 0.0435. The van der Waals surface area contributed by atoms with Crippen LogP contribution in [-0.4, -0.2) is 23.8 Å². The molecule has 1 aromatic carbocycles. The lowest BCUT2D eigenvalue weighted by molar-refractivity contribution is -0.134. The third-order valence-electron chi connectivity index (χ3n) is 3.20. The highest BCUT2D eigenvalue weighted by atomic mass is 19.2. The maximum atomic E-state index is 13.4. The summed E-state index contributed by atoms with van der Waals surface area (Å²) in [6.45, 7) is 1.12. The number of hydrogen-bond acceptors (Lipinski definition) is 3. The summed E-state index contributed by atoms with van der Waals surface area (Å²) >= 11 is 0. The van der Waals surface area contributed by atoms with E-state index >= 15 is 0 Å². The van der Waals surface area contributed by atoms with E-state index in [1.54, 1.807) is 0 Å². The van der Waals surface area contributed by atoms with Crippen LogP contribution in [0, 0.1) is 24.4 Å². The standard InChI is InChI=1S/C13H11F3N2O3/c1-5-6(4-7(14)11(16)10(5)15)12(20)17-8-2-3-9(19)18-13(8)21/h4,8H,2-3H2,1H3,(H,17,20)(H,18,19,21). The highest BCUT2D eigenvalue weighted by molar-refractivity contribution is 6.04. The lowest BCUT2D eigenvalue weighted by atomic mass is 10.0. The Morgan fingerprint density at radius 1 is 1.29 bits per heavy atom. The van der Waals surface area contributed by atoms with E-state index in [1.165, 1.54) is 0 Å². The zero-order valence-corrected chi connectivity index (χ0v) is 10.9. The number of carbonyl (C=O) groups is 3. The van der Waals surface area contributed by atoms with Crippen LogP contribution in [0.3, 0.4) is 0 Å². The second-order valence-electron chi connectivity index (χ2n) is 4.64. The zero-order chi connectivity index (χ0) is 15.7. The molecule has 5 nitrogen and oxygen atoms in total. The van der Waals surface area contributed by atoms with Gasteiger partial charge >= 0.3 is 0 Å². The Morgan fingerprint density at radius 2 is 1.95 bits per heavy atom. The van der Waals surface area contributed by atoms with Crippen molar-refractivity contribution in [2.24, 2.45) is 0 Å². The molecule has 2 rings (SSSR count). The maximum Gasteiger partial charge on any atom is 0.252 e. The molecule has 1 fully saturated rings. The largest absolute Gasteiger partial charge is 0.340 e. The van der Waals surface area contributed by atoms with Gasteiger partial charge in [0.05, 0.1) is 0 Å². The second-order valence-corrected chi connectivity index (χ2v) is 4.64. The molecule has 1 aromatic rings. The number of rotatable bonds is 2. The van der Waals surface area contributed by atoms with Gasteiger partial charge in [0.1, 0.15) is 6.04 Å². The molecule has 0 aliphatic carbocycles. The number of carbonyl (C=O) groups excluding carboxylic acids is 3. The van der Waals surface area contributed by atoms with Crippen LogP contribution in [0.25, 0.3) is 0 Å². The van der Waals surface area contributed by atoms with Crippen molar-refractivity contribution in [2.45, 2.75) is 25.8 Å². The number of halogens is 3. The molecule has 21 heavy (non-hydrogen) atoms. The predicted molar refractivity (Wildman–Crippen MR) is 64.7 cm³/mol. The Labute approximate surface area is 117 Å². The number of hydrogen-bond donors (Lipinski definition) is 2. The first-order chi connectivity index (χ1) is 9.81. The van der Waals surface area contributed by atoms with E-state index in [0.717, 1.165) is 6.92 Å². The molecule has 1 heterocycles. The molecule has 1 aliphatic heterocycles. The van der Waals surface area contributed by atoms with Crippen molar-refractivity contribution in [3.05, 3.63) is 34.6 Å². The summed E-state index contributed by atoms with van der Waals surface area (Å²) in [6.07, 6.45) is 0.128. The number of piperidine rings is 1. The molecule has 0 radical (unpaired) electrons. The molecule has 112 valence electrons. The molecule has 1 atom stereocenters. The normalized spacial score (nSPS) is 18.4. The monoisotopic (exact) mass is 300 g/mol. The van der Waals surface area contributed by atoms with E-state index in [1.807, 2.05) is 5.32 Å². The van der Waals surface area contributed by atoms with Gasteiger partial charge in [0.25, 0.3) is 5.91 Å². The van der Waals surface area contributed by atoms with Gasteiger partial charge in [0.15, 0.2) is 17.5 Å². The van der Waals surface area contributed by atoms with Gasteiger partial charge in [0.2, 0.25) is 11.8 Å². The van der Waals surface area contributed by atoms with Crippen molar-refractivity contribution in [2.75, 3.05) is 0 Å². The van der Waals surface area contributed by atoms with E-state index in [0.29, 0.717) is 6.07 Å². The third-order valence-corrected chi connectivity index (χ3v) is 3.20. The molecule has 0 aromatic heterocycles. The first-order valence-electron chi connectivity index (χ1n) is 6.10. The SMILES string of the molecule is Cc1c(C(=O)NC2CCC(=O)NC2=O)cc(F)c(F)c1F. The summed E-state index contributed by atoms with van der Waals surface area (Å²) in [6, 6.07) is -0.416. The molecule has 8 heteroatoms. The van der Waals surface area contributed by atoms with E-state index in [9.17, 15) is 27.6 Å². The van der Waals surface area contributed by atoms with Crippen molar-refractivity contribution in [3.8, 4) is 0 Å². The maximum absolute atomic E-state index is 13.4. The van der Waals surface area contributed by atoms with Gasteiger partial charge in [-0.15, -0.1) is 0 Å². The second kappa shape index (κ2) is 5.55. The van der Waals surface area contributed by atoms with Gasteiger partial charge < -0.3 is 5.32 Å². The van der Waals surface area contributed by atoms with Crippen LogP contribution in [0.4, 0.5) is 13.2 Å². The number of imide groups is 1. The fourth-order valence-electron chi connectivity index (χ4n) is 1.99. The minimum Gasteiger partial charge on any atom is -0.340 e. The molecule has 0 spiro atoms. The van der Waals surface area contributed by atoms with Gasteiger partial charge in [-0.3, -0.25) is 19.7 Å². The van der Waals surface area contributed by atoms with E-state index in [-0.39, 0.29) is 18.4 Å². The minimum atomic E-state index is -1.66. The Hall–Kier alpha value is -2.38. The fraction of sp³-hybridized carbons (Fsp3) is 0.308. The molecule has 1 aliphatic rings. The molecule has 2 N–H and O–H groups in total. The van der Waals surface area contributed by atoms with Crippen LogP contribution in [0.2, 0.25) is 0 Å². The van der Waals surface area contributed by atoms with Crippen molar-refractivity contribution >= 4 is 17.7 Å². The average Bonchev–Trinajstić information content (AvgIpc) is 2.43. The topological polar surface area (TPSA) is 75.3 Å². The number of nitrogens with one attached hydrogen (secondary N) is 2. The van der Waals surface area contributed by atoms with Crippen LogP contribution in [0.15, 0.2) is 6.07 Å². The molecular weight excluding hydrogens is 289 g/mol. The number of benzene rings is 1. The average molecular weight is 300 g/mol.